The fraction of sp³-hybridized carbons (Fsp3) is 0.620. The van der Waals surface area contributed by atoms with Crippen LogP contribution in [0.1, 0.15) is 149 Å². The minimum atomic E-state index is -1.85. The number of aliphatic carboxylic acids is 2. The molecule has 3 rings (SSSR count). The van der Waals surface area contributed by atoms with Crippen molar-refractivity contribution in [2.45, 2.75) is 242 Å². The maximum absolute atomic E-state index is 14.9. The number of nitrogens with one attached hydrogen (secondary N) is 12. The van der Waals surface area contributed by atoms with Gasteiger partial charge >= 0.3 is 11.9 Å². The number of benzene rings is 2. The van der Waals surface area contributed by atoms with Crippen LogP contribution in [0.2, 0.25) is 0 Å². The second kappa shape index (κ2) is 48.2. The molecule has 22 N–H and O–H groups in total. The Hall–Kier alpha value is -9.37. The van der Waals surface area contributed by atoms with Gasteiger partial charge in [-0.3, -0.25) is 67.1 Å². The molecule has 2 aromatic carbocycles. The number of aliphatic hydroxyl groups excluding tert-OH is 2. The third kappa shape index (κ3) is 32.4. The summed E-state index contributed by atoms with van der Waals surface area (Å²) < 4.78 is 0. The van der Waals surface area contributed by atoms with E-state index < -0.39 is 199 Å². The lowest BCUT2D eigenvalue weighted by molar-refractivity contribution is -0.144. The molecule has 0 aliphatic carbocycles. The standard InChI is InChI=1S/C71H111N15O21S2/c1-8-10-15-45(60(95)79-49(31-37(3)4)64(99)74-38(5)59(94)75-48(27-28-56(92)93)63(98)76-46(16-11-9-2)62(97)83-53(36-109)71(106)107)77-65(100)50(32-41-19-23-43(89)24-20-41)80-61(96)47(17-12-13-29-72)78-66(101)51(33-42-21-25-44(90)26-22-42)81-69(104)57(39(6)87)85-67(102)52(35-108)82-68(103)54-18-14-30-86(54)70(105)58(40(7)88)84-55(91)34-73/h19-26,37-40,45-54,57-58,87-90,108-109H,8-18,27-36,72-73H2,1-7H3,(H,74,99)(H,75,94)(H,76,98)(H,77,100)(H,78,101)(H,79,95)(H,80,96)(H,81,104)(H,82,103)(H,83,97)(H,84,91)(H,85,102)(H,92,93)(H,106,107)/t38-,39+,40+,45-,46-,47-,48-,49-,50-,51-,52-,53-,54-,57-,58-/m0/s1. The molecule has 36 nitrogen and oxygen atoms in total. The Balaban J connectivity index is 1.96. The van der Waals surface area contributed by atoms with Crippen molar-refractivity contribution in [3.8, 4) is 11.5 Å². The Morgan fingerprint density at radius 3 is 1.29 bits per heavy atom. The highest BCUT2D eigenvalue weighted by Gasteiger charge is 2.42. The van der Waals surface area contributed by atoms with Crippen LogP contribution in [-0.4, -0.2) is 246 Å². The number of nitrogens with two attached hydrogens (primary N) is 2. The van der Waals surface area contributed by atoms with E-state index in [9.17, 15) is 103 Å². The predicted molar refractivity (Wildman–Crippen MR) is 403 cm³/mol. The SMILES string of the molecule is CCCC[C@H](NC(=O)[C@H](CCC(=O)O)NC(=O)[C@H](C)NC(=O)[C@H](CC(C)C)NC(=O)[C@H](CCCC)NC(=O)[C@H](Cc1ccc(O)cc1)NC(=O)[C@H](CCCCN)NC(=O)[C@H](Cc1ccc(O)cc1)NC(=O)[C@@H](NC(=O)[C@H](CS)NC(=O)[C@@H]1CCCN1C(=O)[C@@H](NC(=O)CN)[C@@H](C)O)[C@@H](C)O)C(=O)N[C@@H](CS)C(=O)O. The third-order valence-electron chi connectivity index (χ3n) is 17.7. The van der Waals surface area contributed by atoms with E-state index in [0.29, 0.717) is 49.7 Å². The number of aliphatic hydroxyl groups is 2. The van der Waals surface area contributed by atoms with Gasteiger partial charge in [0.1, 0.15) is 90.0 Å². The summed E-state index contributed by atoms with van der Waals surface area (Å²) in [4.78, 5) is 207. The fourth-order valence-electron chi connectivity index (χ4n) is 11.5. The zero-order chi connectivity index (χ0) is 81.8. The number of carbonyl (C=O) groups is 15. The topological polar surface area (TPSA) is 577 Å². The zero-order valence-electron chi connectivity index (χ0n) is 62.5. The monoisotopic (exact) mass is 1570 g/mol. The molecule has 1 aliphatic rings. The molecule has 1 saturated heterocycles. The number of carboxylic acids is 2. The first-order chi connectivity index (χ1) is 51.5. The van der Waals surface area contributed by atoms with Gasteiger partial charge < -0.3 is 111 Å². The molecule has 608 valence electrons. The average Bonchev–Trinajstić information content (AvgIpc) is 1.77. The Labute approximate surface area is 644 Å². The number of phenols is 2. The molecule has 13 amide bonds. The fourth-order valence-corrected chi connectivity index (χ4v) is 12.0. The van der Waals surface area contributed by atoms with Crippen molar-refractivity contribution in [1.82, 2.24) is 68.7 Å². The Morgan fingerprint density at radius 1 is 0.468 bits per heavy atom. The number of nitrogens with zero attached hydrogens (tertiary/aromatic N) is 1. The smallest absolute Gasteiger partial charge is 0.327 e. The summed E-state index contributed by atoms with van der Waals surface area (Å²) in [6.45, 7) is 10.5. The van der Waals surface area contributed by atoms with Crippen molar-refractivity contribution in [2.24, 2.45) is 17.4 Å². The molecule has 2 aromatic rings. The number of likely N-dealkylation sites (tertiary alicyclic amines) is 1. The van der Waals surface area contributed by atoms with E-state index in [4.69, 9.17) is 11.5 Å². The van der Waals surface area contributed by atoms with Crippen molar-refractivity contribution in [1.29, 1.82) is 0 Å². The number of hydrogen-bond acceptors (Lipinski definition) is 23. The summed E-state index contributed by atoms with van der Waals surface area (Å²) in [6, 6.07) is -8.22. The van der Waals surface area contributed by atoms with Gasteiger partial charge in [-0.1, -0.05) is 77.6 Å². The average molecular weight is 1570 g/mol. The first-order valence-electron chi connectivity index (χ1n) is 36.5. The lowest BCUT2D eigenvalue weighted by Crippen LogP contribution is -2.62. The van der Waals surface area contributed by atoms with Crippen molar-refractivity contribution >= 4 is 114 Å². The lowest BCUT2D eigenvalue weighted by Gasteiger charge is -2.31. The summed E-state index contributed by atoms with van der Waals surface area (Å²) in [5.41, 5.74) is 12.0. The molecule has 109 heavy (non-hydrogen) atoms. The highest BCUT2D eigenvalue weighted by atomic mass is 32.1. The summed E-state index contributed by atoms with van der Waals surface area (Å²) in [5, 5.41) is 91.0. The minimum Gasteiger partial charge on any atom is -0.508 e. The number of carboxylic acid groups (broad SMARTS) is 2. The Morgan fingerprint density at radius 2 is 0.872 bits per heavy atom. The maximum Gasteiger partial charge on any atom is 0.327 e. The van der Waals surface area contributed by atoms with Gasteiger partial charge in [0.2, 0.25) is 76.8 Å². The molecule has 1 fully saturated rings. The molecule has 0 unspecified atom stereocenters. The molecule has 1 aliphatic heterocycles. The zero-order valence-corrected chi connectivity index (χ0v) is 64.3. The third-order valence-corrected chi connectivity index (χ3v) is 18.4. The first-order valence-corrected chi connectivity index (χ1v) is 37.7. The number of amides is 13. The highest BCUT2D eigenvalue weighted by molar-refractivity contribution is 7.80. The molecule has 0 aromatic heterocycles. The number of hydrogen-bond donors (Lipinski definition) is 22. The normalized spacial score (nSPS) is 16.5. The highest BCUT2D eigenvalue weighted by Crippen LogP contribution is 2.21. The quantitative estimate of drug-likeness (QED) is 0.0229. The number of aromatic hydroxyl groups is 2. The number of carbonyl (C=O) groups excluding carboxylic acids is 13. The van der Waals surface area contributed by atoms with E-state index in [-0.39, 0.29) is 93.4 Å². The summed E-state index contributed by atoms with van der Waals surface area (Å²) in [5.74, 6) is -16.0. The van der Waals surface area contributed by atoms with Crippen LogP contribution in [0.4, 0.5) is 0 Å². The minimum absolute atomic E-state index is 0.0218. The summed E-state index contributed by atoms with van der Waals surface area (Å²) in [7, 11) is 0. The van der Waals surface area contributed by atoms with Gasteiger partial charge in [0.05, 0.1) is 18.8 Å². The van der Waals surface area contributed by atoms with Gasteiger partial charge in [0, 0.05) is 37.3 Å². The Bertz CT molecular complexity index is 3390. The molecule has 0 spiro atoms. The second-order valence-corrected chi connectivity index (χ2v) is 28.0. The van der Waals surface area contributed by atoms with Crippen LogP contribution < -0.4 is 75.3 Å². The molecule has 1 heterocycles. The number of phenolic OH excluding ortho intramolecular Hbond substituents is 2. The van der Waals surface area contributed by atoms with Crippen LogP contribution in [0.3, 0.4) is 0 Å². The van der Waals surface area contributed by atoms with E-state index in [2.05, 4.69) is 89.1 Å². The molecule has 15 atom stereocenters. The van der Waals surface area contributed by atoms with Gasteiger partial charge in [-0.2, -0.15) is 25.3 Å². The van der Waals surface area contributed by atoms with Gasteiger partial charge in [0.15, 0.2) is 0 Å². The van der Waals surface area contributed by atoms with Crippen LogP contribution in [0.5, 0.6) is 11.5 Å². The second-order valence-electron chi connectivity index (χ2n) is 27.3. The number of thiol groups is 2. The van der Waals surface area contributed by atoms with Crippen LogP contribution in [0.15, 0.2) is 48.5 Å². The Kier molecular flexibility index (Phi) is 41.5. The van der Waals surface area contributed by atoms with Gasteiger partial charge in [0.25, 0.3) is 0 Å². The van der Waals surface area contributed by atoms with Crippen molar-refractivity contribution in [2.75, 3.05) is 31.1 Å². The van der Waals surface area contributed by atoms with Crippen molar-refractivity contribution in [3.05, 3.63) is 59.7 Å². The van der Waals surface area contributed by atoms with E-state index in [1.165, 1.54) is 62.4 Å². The molecular weight excluding hydrogens is 1460 g/mol. The van der Waals surface area contributed by atoms with Crippen molar-refractivity contribution < 1.29 is 103 Å². The molecular formula is C71H111N15O21S2. The van der Waals surface area contributed by atoms with Crippen LogP contribution in [-0.2, 0) is 84.8 Å². The largest absolute Gasteiger partial charge is 0.508 e. The van der Waals surface area contributed by atoms with Gasteiger partial charge in [-0.25, -0.2) is 4.79 Å². The molecule has 38 heteroatoms. The number of rotatable bonds is 49. The van der Waals surface area contributed by atoms with E-state index in [1.54, 1.807) is 20.8 Å². The van der Waals surface area contributed by atoms with E-state index >= 15 is 0 Å². The van der Waals surface area contributed by atoms with Crippen molar-refractivity contribution in [3.63, 3.8) is 0 Å². The maximum atomic E-state index is 14.9. The number of unbranched alkanes of at least 4 members (excludes halogenated alkanes) is 3. The predicted octanol–water partition coefficient (Wildman–Crippen LogP) is -3.20. The van der Waals surface area contributed by atoms with Crippen LogP contribution in [0, 0.1) is 5.92 Å². The van der Waals surface area contributed by atoms with Crippen LogP contribution >= 0.6 is 25.3 Å². The van der Waals surface area contributed by atoms with Crippen LogP contribution in [0.25, 0.3) is 0 Å². The first kappa shape index (κ1) is 93.8. The van der Waals surface area contributed by atoms with E-state index in [1.807, 2.05) is 6.92 Å². The molecule has 0 bridgehead atoms. The summed E-state index contributed by atoms with van der Waals surface area (Å²) in [6.07, 6.45) is -2.19. The lowest BCUT2D eigenvalue weighted by atomic mass is 10.00. The molecule has 0 saturated carbocycles. The van der Waals surface area contributed by atoms with Gasteiger partial charge in [-0.15, -0.1) is 0 Å². The summed E-state index contributed by atoms with van der Waals surface area (Å²) >= 11 is 8.21. The van der Waals surface area contributed by atoms with E-state index in [0.717, 1.165) is 11.8 Å². The van der Waals surface area contributed by atoms with Gasteiger partial charge in [-0.05, 0) is 126 Å². The molecule has 0 radical (unpaired) electrons.